The largest absolute Gasteiger partial charge is 0.289 e. The van der Waals surface area contributed by atoms with Gasteiger partial charge in [0.1, 0.15) is 0 Å². The molecule has 0 aliphatic rings. The quantitative estimate of drug-likeness (QED) is 0.379. The normalized spacial score (nSPS) is 11.7. The van der Waals surface area contributed by atoms with E-state index in [-0.39, 0.29) is 10.7 Å². The van der Waals surface area contributed by atoms with Crippen LogP contribution in [0.5, 0.6) is 0 Å². The standard InChI is InChI=1S/C25H17NO3S/c27-25(22-15-8-10-18-9-4-5-13-20(18)22)23-17-26(24-16-7-6-14-21(23)24)30(28,29)19-11-2-1-3-12-19/h1-17H. The van der Waals surface area contributed by atoms with Crippen molar-refractivity contribution in [3.63, 3.8) is 0 Å². The molecule has 5 heteroatoms. The first-order valence-corrected chi connectivity index (χ1v) is 10.9. The van der Waals surface area contributed by atoms with Crippen molar-refractivity contribution in [3.05, 3.63) is 114 Å². The Morgan fingerprint density at radius 1 is 0.633 bits per heavy atom. The second kappa shape index (κ2) is 6.97. The molecule has 0 bridgehead atoms. The van der Waals surface area contributed by atoms with Crippen LogP contribution in [-0.2, 0) is 10.0 Å². The zero-order valence-electron chi connectivity index (χ0n) is 15.9. The van der Waals surface area contributed by atoms with Gasteiger partial charge in [-0.3, -0.25) is 4.79 Å². The van der Waals surface area contributed by atoms with Crippen molar-refractivity contribution in [2.45, 2.75) is 4.90 Å². The Kier molecular flexibility index (Phi) is 4.26. The lowest BCUT2D eigenvalue weighted by Crippen LogP contribution is -2.12. The molecule has 0 aliphatic heterocycles. The number of nitrogens with zero attached hydrogens (tertiary/aromatic N) is 1. The molecule has 0 amide bonds. The smallest absolute Gasteiger partial charge is 0.268 e. The third-order valence-corrected chi connectivity index (χ3v) is 6.94. The van der Waals surface area contributed by atoms with Gasteiger partial charge in [0.25, 0.3) is 10.0 Å². The van der Waals surface area contributed by atoms with Gasteiger partial charge in [0, 0.05) is 22.7 Å². The highest BCUT2D eigenvalue weighted by Crippen LogP contribution is 2.29. The van der Waals surface area contributed by atoms with Crippen LogP contribution >= 0.6 is 0 Å². The Morgan fingerprint density at radius 2 is 1.27 bits per heavy atom. The lowest BCUT2D eigenvalue weighted by atomic mass is 9.97. The van der Waals surface area contributed by atoms with Crippen LogP contribution in [0, 0.1) is 0 Å². The summed E-state index contributed by atoms with van der Waals surface area (Å²) in [6.07, 6.45) is 1.44. The molecule has 0 spiro atoms. The summed E-state index contributed by atoms with van der Waals surface area (Å²) in [6, 6.07) is 28.6. The first kappa shape index (κ1) is 18.3. The summed E-state index contributed by atoms with van der Waals surface area (Å²) in [7, 11) is -3.84. The van der Waals surface area contributed by atoms with Crippen LogP contribution < -0.4 is 0 Å². The molecule has 0 saturated heterocycles. The summed E-state index contributed by atoms with van der Waals surface area (Å²) in [4.78, 5) is 13.7. The summed E-state index contributed by atoms with van der Waals surface area (Å²) in [6.45, 7) is 0. The van der Waals surface area contributed by atoms with E-state index in [1.165, 1.54) is 10.2 Å². The fourth-order valence-corrected chi connectivity index (χ4v) is 5.19. The zero-order valence-corrected chi connectivity index (χ0v) is 16.7. The summed E-state index contributed by atoms with van der Waals surface area (Å²) in [5.41, 5.74) is 1.39. The van der Waals surface area contributed by atoms with Gasteiger partial charge in [-0.05, 0) is 29.0 Å². The van der Waals surface area contributed by atoms with Crippen molar-refractivity contribution in [1.29, 1.82) is 0 Å². The van der Waals surface area contributed by atoms with Crippen LogP contribution in [0.4, 0.5) is 0 Å². The van der Waals surface area contributed by atoms with Crippen molar-refractivity contribution in [3.8, 4) is 0 Å². The van der Waals surface area contributed by atoms with E-state index in [1.807, 2.05) is 42.5 Å². The van der Waals surface area contributed by atoms with Crippen molar-refractivity contribution in [2.75, 3.05) is 0 Å². The number of hydrogen-bond donors (Lipinski definition) is 0. The number of hydrogen-bond acceptors (Lipinski definition) is 3. The summed E-state index contributed by atoms with van der Waals surface area (Å²) < 4.78 is 27.8. The molecule has 0 radical (unpaired) electrons. The van der Waals surface area contributed by atoms with Gasteiger partial charge in [-0.1, -0.05) is 78.9 Å². The van der Waals surface area contributed by atoms with Crippen LogP contribution in [-0.4, -0.2) is 18.2 Å². The third-order valence-electron chi connectivity index (χ3n) is 5.26. The van der Waals surface area contributed by atoms with Gasteiger partial charge in [-0.15, -0.1) is 0 Å². The van der Waals surface area contributed by atoms with Crippen molar-refractivity contribution in [2.24, 2.45) is 0 Å². The minimum atomic E-state index is -3.84. The fraction of sp³-hybridized carbons (Fsp3) is 0. The van der Waals surface area contributed by atoms with Crippen LogP contribution in [0.15, 0.2) is 108 Å². The minimum absolute atomic E-state index is 0.176. The number of aromatic nitrogens is 1. The Bertz CT molecular complexity index is 1510. The van der Waals surface area contributed by atoms with E-state index in [4.69, 9.17) is 0 Å². The summed E-state index contributed by atoms with van der Waals surface area (Å²) in [5.74, 6) is -0.204. The summed E-state index contributed by atoms with van der Waals surface area (Å²) >= 11 is 0. The number of benzene rings is 4. The Labute approximate surface area is 174 Å². The maximum atomic E-state index is 13.5. The number of para-hydroxylation sites is 1. The molecule has 0 N–H and O–H groups in total. The van der Waals surface area contributed by atoms with Crippen molar-refractivity contribution < 1.29 is 13.2 Å². The second-order valence-corrected chi connectivity index (χ2v) is 8.84. The Balaban J connectivity index is 1.75. The van der Waals surface area contributed by atoms with Crippen molar-refractivity contribution in [1.82, 2.24) is 3.97 Å². The van der Waals surface area contributed by atoms with Crippen LogP contribution in [0.3, 0.4) is 0 Å². The molecule has 1 heterocycles. The highest BCUT2D eigenvalue weighted by molar-refractivity contribution is 7.90. The summed E-state index contributed by atoms with van der Waals surface area (Å²) in [5, 5.41) is 2.41. The monoisotopic (exact) mass is 411 g/mol. The Hall–Kier alpha value is -3.70. The SMILES string of the molecule is O=C(c1cccc2ccccc12)c1cn(S(=O)(=O)c2ccccc2)c2ccccc12. The van der Waals surface area contributed by atoms with E-state index >= 15 is 0 Å². The topological polar surface area (TPSA) is 56.1 Å². The van der Waals surface area contributed by atoms with E-state index in [2.05, 4.69) is 0 Å². The van der Waals surface area contributed by atoms with Gasteiger partial charge >= 0.3 is 0 Å². The number of carbonyl (C=O) groups excluding carboxylic acids is 1. The van der Waals surface area contributed by atoms with Gasteiger partial charge in [0.2, 0.25) is 0 Å². The zero-order chi connectivity index (χ0) is 20.7. The van der Waals surface area contributed by atoms with E-state index in [0.717, 1.165) is 10.8 Å². The molecule has 0 unspecified atom stereocenters. The molecule has 30 heavy (non-hydrogen) atoms. The number of ketones is 1. The van der Waals surface area contributed by atoms with E-state index in [9.17, 15) is 13.2 Å². The first-order chi connectivity index (χ1) is 14.6. The molecule has 0 saturated carbocycles. The molecule has 5 aromatic rings. The third kappa shape index (κ3) is 2.83. The van der Waals surface area contributed by atoms with E-state index in [1.54, 1.807) is 54.6 Å². The highest BCUT2D eigenvalue weighted by Gasteiger charge is 2.24. The lowest BCUT2D eigenvalue weighted by Gasteiger charge is -2.07. The number of fused-ring (bicyclic) bond motifs is 2. The average molecular weight is 411 g/mol. The highest BCUT2D eigenvalue weighted by atomic mass is 32.2. The maximum absolute atomic E-state index is 13.5. The van der Waals surface area contributed by atoms with Crippen LogP contribution in [0.2, 0.25) is 0 Å². The molecule has 0 atom stereocenters. The molecule has 4 aromatic carbocycles. The van der Waals surface area contributed by atoms with Crippen LogP contribution in [0.1, 0.15) is 15.9 Å². The van der Waals surface area contributed by atoms with Gasteiger partial charge in [0.15, 0.2) is 5.78 Å². The number of carbonyl (C=O) groups is 1. The second-order valence-electron chi connectivity index (χ2n) is 7.03. The predicted molar refractivity (Wildman–Crippen MR) is 118 cm³/mol. The van der Waals surface area contributed by atoms with Gasteiger partial charge in [0.05, 0.1) is 10.4 Å². The molecular weight excluding hydrogens is 394 g/mol. The molecule has 0 fully saturated rings. The van der Waals surface area contributed by atoms with E-state index in [0.29, 0.717) is 22.0 Å². The molecule has 5 rings (SSSR count). The molecule has 4 nitrogen and oxygen atoms in total. The fourth-order valence-electron chi connectivity index (χ4n) is 3.80. The maximum Gasteiger partial charge on any atom is 0.268 e. The van der Waals surface area contributed by atoms with Gasteiger partial charge in [-0.25, -0.2) is 12.4 Å². The van der Waals surface area contributed by atoms with Gasteiger partial charge in [-0.2, -0.15) is 0 Å². The molecule has 146 valence electrons. The number of rotatable bonds is 4. The van der Waals surface area contributed by atoms with E-state index < -0.39 is 10.0 Å². The first-order valence-electron chi connectivity index (χ1n) is 9.50. The molecule has 1 aromatic heterocycles. The predicted octanol–water partition coefficient (Wildman–Crippen LogP) is 5.26. The Morgan fingerprint density at radius 3 is 2.07 bits per heavy atom. The molecule has 0 aliphatic carbocycles. The van der Waals surface area contributed by atoms with Crippen molar-refractivity contribution >= 4 is 37.5 Å². The minimum Gasteiger partial charge on any atom is -0.289 e. The average Bonchev–Trinajstić information content (AvgIpc) is 3.19. The lowest BCUT2D eigenvalue weighted by molar-refractivity contribution is 0.104. The molecular formula is C25H17NO3S. The van der Waals surface area contributed by atoms with Gasteiger partial charge < -0.3 is 0 Å². The van der Waals surface area contributed by atoms with Crippen LogP contribution in [0.25, 0.3) is 21.7 Å².